The molecule has 1 aliphatic carbocycles. The van der Waals surface area contributed by atoms with Gasteiger partial charge in [0, 0.05) is 30.0 Å². The number of carbonyl (C=O) groups excluding carboxylic acids is 1. The molecule has 3 rings (SSSR count). The molecule has 0 radical (unpaired) electrons. The highest BCUT2D eigenvalue weighted by atomic mass is 32.1. The Balaban J connectivity index is 1.45. The number of rotatable bonds is 6. The molecule has 1 amide bonds. The van der Waals surface area contributed by atoms with Crippen LogP contribution >= 0.6 is 11.3 Å². The first-order valence-corrected chi connectivity index (χ1v) is 8.91. The van der Waals surface area contributed by atoms with Gasteiger partial charge in [0.05, 0.1) is 22.0 Å². The van der Waals surface area contributed by atoms with Crippen LogP contribution in [0.15, 0.2) is 24.3 Å². The first kappa shape index (κ1) is 16.6. The van der Waals surface area contributed by atoms with E-state index in [-0.39, 0.29) is 18.0 Å². The molecule has 7 heteroatoms. The smallest absolute Gasteiger partial charge is 0.269 e. The molecule has 0 unspecified atom stereocenters. The van der Waals surface area contributed by atoms with Gasteiger partial charge in [-0.05, 0) is 31.2 Å². The van der Waals surface area contributed by atoms with E-state index in [1.165, 1.54) is 35.5 Å². The van der Waals surface area contributed by atoms with Crippen LogP contribution in [0.2, 0.25) is 0 Å². The number of nitro groups is 1. The van der Waals surface area contributed by atoms with Crippen LogP contribution in [0.5, 0.6) is 0 Å². The summed E-state index contributed by atoms with van der Waals surface area (Å²) in [4.78, 5) is 28.2. The molecule has 0 aliphatic heterocycles. The van der Waals surface area contributed by atoms with E-state index in [0.29, 0.717) is 6.54 Å². The van der Waals surface area contributed by atoms with E-state index in [0.717, 1.165) is 29.8 Å². The zero-order chi connectivity index (χ0) is 16.9. The number of nitrogens with zero attached hydrogens (tertiary/aromatic N) is 2. The number of carbonyl (C=O) groups is 1. The van der Waals surface area contributed by atoms with Gasteiger partial charge in [0.25, 0.3) is 5.69 Å². The monoisotopic (exact) mass is 345 g/mol. The third-order valence-corrected chi connectivity index (χ3v) is 5.28. The molecule has 0 fully saturated rings. The number of hydrogen-bond acceptors (Lipinski definition) is 5. The van der Waals surface area contributed by atoms with Gasteiger partial charge in [-0.2, -0.15) is 0 Å². The number of non-ortho nitro benzene ring substituents is 1. The minimum absolute atomic E-state index is 0.0342. The van der Waals surface area contributed by atoms with Gasteiger partial charge in [-0.3, -0.25) is 14.9 Å². The number of aromatic nitrogens is 1. The van der Waals surface area contributed by atoms with E-state index in [1.54, 1.807) is 23.5 Å². The van der Waals surface area contributed by atoms with Crippen LogP contribution in [0.3, 0.4) is 0 Å². The van der Waals surface area contributed by atoms with Gasteiger partial charge in [0.1, 0.15) is 0 Å². The van der Waals surface area contributed by atoms with Crippen LogP contribution in [0, 0.1) is 10.1 Å². The molecule has 1 aliphatic rings. The molecule has 24 heavy (non-hydrogen) atoms. The predicted molar refractivity (Wildman–Crippen MR) is 92.3 cm³/mol. The summed E-state index contributed by atoms with van der Waals surface area (Å²) in [6, 6.07) is 6.07. The maximum absolute atomic E-state index is 12.0. The van der Waals surface area contributed by atoms with E-state index in [2.05, 4.69) is 10.3 Å². The summed E-state index contributed by atoms with van der Waals surface area (Å²) >= 11 is 1.77. The summed E-state index contributed by atoms with van der Waals surface area (Å²) in [6.45, 7) is 0.568. The number of fused-ring (bicyclic) bond motifs is 1. The van der Waals surface area contributed by atoms with Gasteiger partial charge in [0.2, 0.25) is 5.91 Å². The van der Waals surface area contributed by atoms with E-state index in [9.17, 15) is 14.9 Å². The molecular formula is C17H19N3O3S. The summed E-state index contributed by atoms with van der Waals surface area (Å²) in [7, 11) is 0. The first-order valence-electron chi connectivity index (χ1n) is 8.09. The summed E-state index contributed by atoms with van der Waals surface area (Å²) < 4.78 is 0. The topological polar surface area (TPSA) is 85.1 Å². The summed E-state index contributed by atoms with van der Waals surface area (Å²) in [5.41, 5.74) is 2.05. The lowest BCUT2D eigenvalue weighted by Gasteiger charge is -2.06. The maximum Gasteiger partial charge on any atom is 0.269 e. The Morgan fingerprint density at radius 1 is 1.25 bits per heavy atom. The van der Waals surface area contributed by atoms with Crippen molar-refractivity contribution in [2.45, 2.75) is 38.5 Å². The van der Waals surface area contributed by atoms with Crippen LogP contribution in [0.1, 0.15) is 34.0 Å². The fourth-order valence-corrected chi connectivity index (χ4v) is 3.96. The van der Waals surface area contributed by atoms with E-state index < -0.39 is 4.92 Å². The third kappa shape index (κ3) is 4.17. The largest absolute Gasteiger partial charge is 0.355 e. The van der Waals surface area contributed by atoms with E-state index in [1.807, 2.05) is 0 Å². The Morgan fingerprint density at radius 3 is 2.71 bits per heavy atom. The number of nitrogens with one attached hydrogen (secondary N) is 1. The predicted octanol–water partition coefficient (Wildman–Crippen LogP) is 2.83. The van der Waals surface area contributed by atoms with Crippen molar-refractivity contribution in [1.82, 2.24) is 10.3 Å². The van der Waals surface area contributed by atoms with Crippen LogP contribution in [-0.2, 0) is 30.5 Å². The second kappa shape index (κ2) is 7.53. The Morgan fingerprint density at radius 2 is 2.00 bits per heavy atom. The van der Waals surface area contributed by atoms with Crippen LogP contribution in [0.25, 0.3) is 0 Å². The van der Waals surface area contributed by atoms with E-state index >= 15 is 0 Å². The number of benzene rings is 1. The average Bonchev–Trinajstić information content (AvgIpc) is 2.98. The lowest BCUT2D eigenvalue weighted by Crippen LogP contribution is -2.27. The maximum atomic E-state index is 12.0. The highest BCUT2D eigenvalue weighted by molar-refractivity contribution is 7.11. The Hall–Kier alpha value is -2.28. The number of hydrogen-bond donors (Lipinski definition) is 1. The number of aryl methyl sites for hydroxylation is 2. The fraction of sp³-hybridized carbons (Fsp3) is 0.412. The van der Waals surface area contributed by atoms with Gasteiger partial charge in [0.15, 0.2) is 0 Å². The van der Waals surface area contributed by atoms with Crippen LogP contribution < -0.4 is 5.32 Å². The molecule has 0 saturated carbocycles. The van der Waals surface area contributed by atoms with Crippen molar-refractivity contribution in [1.29, 1.82) is 0 Å². The Labute approximate surface area is 144 Å². The van der Waals surface area contributed by atoms with Gasteiger partial charge >= 0.3 is 0 Å². The van der Waals surface area contributed by atoms with E-state index in [4.69, 9.17) is 0 Å². The van der Waals surface area contributed by atoms with Crippen molar-refractivity contribution >= 4 is 22.9 Å². The Bertz CT molecular complexity index is 717. The minimum Gasteiger partial charge on any atom is -0.355 e. The molecule has 0 spiro atoms. The normalized spacial score (nSPS) is 13.3. The van der Waals surface area contributed by atoms with Crippen LogP contribution in [-0.4, -0.2) is 22.4 Å². The molecule has 6 nitrogen and oxygen atoms in total. The van der Waals surface area contributed by atoms with Crippen LogP contribution in [0.4, 0.5) is 5.69 Å². The lowest BCUT2D eigenvalue weighted by atomic mass is 10.0. The second-order valence-corrected chi connectivity index (χ2v) is 7.05. The standard InChI is InChI=1S/C17H19N3O3S/c21-16(11-12-5-7-13(8-6-12)20(22)23)18-10-9-17-19-14-3-1-2-4-15(14)24-17/h5-8H,1-4,9-11H2,(H,18,21). The SMILES string of the molecule is O=C(Cc1ccc([N+](=O)[O-])cc1)NCCc1nc2c(s1)CCCC2. The molecule has 0 bridgehead atoms. The van der Waals surface area contributed by atoms with Gasteiger partial charge in [-0.25, -0.2) is 4.98 Å². The summed E-state index contributed by atoms with van der Waals surface area (Å²) in [6.07, 6.45) is 5.68. The van der Waals surface area contributed by atoms with Crippen molar-refractivity contribution in [3.05, 3.63) is 55.5 Å². The molecule has 1 heterocycles. The molecule has 126 valence electrons. The molecule has 2 aromatic rings. The molecular weight excluding hydrogens is 326 g/mol. The molecule has 1 aromatic carbocycles. The van der Waals surface area contributed by atoms with Gasteiger partial charge in [-0.15, -0.1) is 11.3 Å². The molecule has 1 N–H and O–H groups in total. The number of thiazole rings is 1. The highest BCUT2D eigenvalue weighted by Crippen LogP contribution is 2.26. The Kier molecular flexibility index (Phi) is 5.20. The van der Waals surface area contributed by atoms with Crippen molar-refractivity contribution in [3.63, 3.8) is 0 Å². The third-order valence-electron chi connectivity index (χ3n) is 4.06. The number of amides is 1. The van der Waals surface area contributed by atoms with Crippen molar-refractivity contribution in [2.24, 2.45) is 0 Å². The quantitative estimate of drug-likeness (QED) is 0.644. The molecule has 0 atom stereocenters. The van der Waals surface area contributed by atoms with Crippen molar-refractivity contribution < 1.29 is 9.72 Å². The molecule has 1 aromatic heterocycles. The first-order chi connectivity index (χ1) is 11.6. The minimum atomic E-state index is -0.447. The average molecular weight is 345 g/mol. The summed E-state index contributed by atoms with van der Waals surface area (Å²) in [5.74, 6) is -0.0785. The lowest BCUT2D eigenvalue weighted by molar-refractivity contribution is -0.384. The zero-order valence-corrected chi connectivity index (χ0v) is 14.1. The van der Waals surface area contributed by atoms with Gasteiger partial charge in [-0.1, -0.05) is 12.1 Å². The van der Waals surface area contributed by atoms with Crippen molar-refractivity contribution in [3.8, 4) is 0 Å². The second-order valence-electron chi connectivity index (χ2n) is 5.88. The van der Waals surface area contributed by atoms with Crippen molar-refractivity contribution in [2.75, 3.05) is 6.54 Å². The molecule has 0 saturated heterocycles. The zero-order valence-electron chi connectivity index (χ0n) is 13.3. The van der Waals surface area contributed by atoms with Gasteiger partial charge < -0.3 is 5.32 Å². The number of nitro benzene ring substituents is 1. The highest BCUT2D eigenvalue weighted by Gasteiger charge is 2.15. The summed E-state index contributed by atoms with van der Waals surface area (Å²) in [5, 5.41) is 14.6. The fourth-order valence-electron chi connectivity index (χ4n) is 2.80.